The Labute approximate surface area is 148 Å². The number of rotatable bonds is 10. The van der Waals surface area contributed by atoms with Crippen LogP contribution in [-0.2, 0) is 0 Å². The zero-order valence-electron chi connectivity index (χ0n) is 14.6. The number of benzene rings is 2. The van der Waals surface area contributed by atoms with Crippen LogP contribution < -0.4 is 4.74 Å². The van der Waals surface area contributed by atoms with Crippen LogP contribution >= 0.6 is 0 Å². The topological polar surface area (TPSA) is 46.5 Å². The van der Waals surface area contributed by atoms with E-state index in [0.717, 1.165) is 18.4 Å². The van der Waals surface area contributed by atoms with Gasteiger partial charge in [-0.1, -0.05) is 57.2 Å². The molecule has 3 nitrogen and oxygen atoms in total. The molecule has 0 spiro atoms. The van der Waals surface area contributed by atoms with E-state index in [9.17, 15) is 9.18 Å². The van der Waals surface area contributed by atoms with E-state index in [-0.39, 0.29) is 11.3 Å². The normalized spacial score (nSPS) is 10.6. The minimum Gasteiger partial charge on any atom is -0.491 e. The molecule has 0 radical (unpaired) electrons. The number of carbonyl (C=O) groups is 1. The van der Waals surface area contributed by atoms with E-state index in [0.29, 0.717) is 12.2 Å². The first-order chi connectivity index (χ1) is 12.1. The Morgan fingerprint density at radius 3 is 2.24 bits per heavy atom. The number of carboxylic acids is 1. The molecule has 4 heteroatoms. The number of hydrogen-bond donors (Lipinski definition) is 1. The Morgan fingerprint density at radius 2 is 1.60 bits per heavy atom. The smallest absolute Gasteiger partial charge is 0.335 e. The van der Waals surface area contributed by atoms with E-state index in [2.05, 4.69) is 6.92 Å². The summed E-state index contributed by atoms with van der Waals surface area (Å²) in [6.45, 7) is 2.71. The van der Waals surface area contributed by atoms with Gasteiger partial charge in [-0.25, -0.2) is 9.18 Å². The molecule has 0 saturated carbocycles. The van der Waals surface area contributed by atoms with Crippen LogP contribution in [0.4, 0.5) is 4.39 Å². The summed E-state index contributed by atoms with van der Waals surface area (Å²) in [6, 6.07) is 11.2. The highest BCUT2D eigenvalue weighted by molar-refractivity contribution is 5.88. The number of unbranched alkanes of at least 4 members (excludes halogenated alkanes) is 5. The molecule has 0 saturated heterocycles. The molecular weight excluding hydrogens is 319 g/mol. The van der Waals surface area contributed by atoms with Crippen LogP contribution in [0.3, 0.4) is 0 Å². The minimum absolute atomic E-state index is 0.211. The summed E-state index contributed by atoms with van der Waals surface area (Å²) in [7, 11) is 0. The lowest BCUT2D eigenvalue weighted by molar-refractivity contribution is 0.0697. The van der Waals surface area contributed by atoms with Crippen LogP contribution in [0.2, 0.25) is 0 Å². The maximum Gasteiger partial charge on any atom is 0.335 e. The van der Waals surface area contributed by atoms with Gasteiger partial charge in [0.15, 0.2) is 11.6 Å². The van der Waals surface area contributed by atoms with Crippen LogP contribution in [0, 0.1) is 5.82 Å². The maximum atomic E-state index is 14.2. The second kappa shape index (κ2) is 9.82. The Bertz CT molecular complexity index is 680. The number of aromatic carboxylic acids is 1. The predicted molar refractivity (Wildman–Crippen MR) is 97.7 cm³/mol. The highest BCUT2D eigenvalue weighted by Crippen LogP contribution is 2.26. The van der Waals surface area contributed by atoms with Crippen molar-refractivity contribution in [1.29, 1.82) is 0 Å². The molecule has 0 aromatic heterocycles. The van der Waals surface area contributed by atoms with Gasteiger partial charge in [-0.05, 0) is 41.8 Å². The second-order valence-electron chi connectivity index (χ2n) is 6.14. The molecule has 0 aliphatic carbocycles. The number of hydrogen-bond acceptors (Lipinski definition) is 2. The predicted octanol–water partition coefficient (Wildman–Crippen LogP) is 5.93. The molecular formula is C21H25FO3. The molecule has 2 aromatic carbocycles. The number of halogens is 1. The van der Waals surface area contributed by atoms with Gasteiger partial charge in [0.2, 0.25) is 0 Å². The van der Waals surface area contributed by atoms with Gasteiger partial charge in [-0.3, -0.25) is 0 Å². The minimum atomic E-state index is -0.976. The monoisotopic (exact) mass is 344 g/mol. The Kier molecular flexibility index (Phi) is 7.45. The summed E-state index contributed by atoms with van der Waals surface area (Å²) < 4.78 is 19.7. The third kappa shape index (κ3) is 5.89. The van der Waals surface area contributed by atoms with Gasteiger partial charge < -0.3 is 9.84 Å². The van der Waals surface area contributed by atoms with Crippen molar-refractivity contribution in [3.8, 4) is 16.9 Å². The van der Waals surface area contributed by atoms with Crippen molar-refractivity contribution >= 4 is 5.97 Å². The van der Waals surface area contributed by atoms with Crippen molar-refractivity contribution in [2.75, 3.05) is 6.61 Å². The molecule has 0 heterocycles. The van der Waals surface area contributed by atoms with Crippen LogP contribution in [0.5, 0.6) is 5.75 Å². The highest BCUT2D eigenvalue weighted by Gasteiger charge is 2.08. The standard InChI is InChI=1S/C21H25FO3/c1-2-3-4-5-6-7-14-25-20-13-12-18(15-19(20)22)16-8-10-17(11-9-16)21(23)24/h8-13,15H,2-7,14H2,1H3,(H,23,24). The van der Waals surface area contributed by atoms with Gasteiger partial charge in [0.25, 0.3) is 0 Å². The summed E-state index contributed by atoms with van der Waals surface area (Å²) in [6.07, 6.45) is 6.99. The van der Waals surface area contributed by atoms with Gasteiger partial charge in [0, 0.05) is 0 Å². The summed E-state index contributed by atoms with van der Waals surface area (Å²) in [5.74, 6) is -1.11. The number of carboxylic acid groups (broad SMARTS) is 1. The fourth-order valence-electron chi connectivity index (χ4n) is 2.67. The van der Waals surface area contributed by atoms with Gasteiger partial charge in [0.05, 0.1) is 12.2 Å². The zero-order chi connectivity index (χ0) is 18.1. The second-order valence-corrected chi connectivity index (χ2v) is 6.14. The molecule has 2 rings (SSSR count). The van der Waals surface area contributed by atoms with Crippen LogP contribution in [-0.4, -0.2) is 17.7 Å². The first kappa shape index (κ1) is 19.0. The van der Waals surface area contributed by atoms with Gasteiger partial charge in [-0.15, -0.1) is 0 Å². The molecule has 0 amide bonds. The first-order valence-corrected chi connectivity index (χ1v) is 8.88. The molecule has 0 aliphatic heterocycles. The quantitative estimate of drug-likeness (QED) is 0.543. The molecule has 0 bridgehead atoms. The third-order valence-electron chi connectivity index (χ3n) is 4.15. The number of ether oxygens (including phenoxy) is 1. The van der Waals surface area contributed by atoms with E-state index in [1.165, 1.54) is 43.9 Å². The molecule has 0 aliphatic rings. The van der Waals surface area contributed by atoms with Crippen LogP contribution in [0.25, 0.3) is 11.1 Å². The van der Waals surface area contributed by atoms with Gasteiger partial charge >= 0.3 is 5.97 Å². The molecule has 1 N–H and O–H groups in total. The third-order valence-corrected chi connectivity index (χ3v) is 4.15. The van der Waals surface area contributed by atoms with E-state index < -0.39 is 11.8 Å². The van der Waals surface area contributed by atoms with Crippen molar-refractivity contribution in [2.24, 2.45) is 0 Å². The maximum absolute atomic E-state index is 14.2. The lowest BCUT2D eigenvalue weighted by Gasteiger charge is -2.09. The van der Waals surface area contributed by atoms with Crippen LogP contribution in [0.1, 0.15) is 55.8 Å². The lowest BCUT2D eigenvalue weighted by atomic mass is 10.0. The van der Waals surface area contributed by atoms with E-state index in [4.69, 9.17) is 9.84 Å². The highest BCUT2D eigenvalue weighted by atomic mass is 19.1. The fourth-order valence-corrected chi connectivity index (χ4v) is 2.67. The largest absolute Gasteiger partial charge is 0.491 e. The van der Waals surface area contributed by atoms with Crippen molar-refractivity contribution in [3.05, 3.63) is 53.8 Å². The Balaban J connectivity index is 1.88. The van der Waals surface area contributed by atoms with E-state index in [1.807, 2.05) is 0 Å². The van der Waals surface area contributed by atoms with Gasteiger partial charge in [-0.2, -0.15) is 0 Å². The van der Waals surface area contributed by atoms with Crippen molar-refractivity contribution in [2.45, 2.75) is 45.4 Å². The van der Waals surface area contributed by atoms with Crippen molar-refractivity contribution in [3.63, 3.8) is 0 Å². The summed E-state index contributed by atoms with van der Waals surface area (Å²) in [5.41, 5.74) is 1.68. The first-order valence-electron chi connectivity index (χ1n) is 8.88. The van der Waals surface area contributed by atoms with Crippen molar-refractivity contribution in [1.82, 2.24) is 0 Å². The average molecular weight is 344 g/mol. The molecule has 134 valence electrons. The lowest BCUT2D eigenvalue weighted by Crippen LogP contribution is -1.99. The summed E-state index contributed by atoms with van der Waals surface area (Å²) in [4.78, 5) is 10.9. The molecule has 0 fully saturated rings. The average Bonchev–Trinajstić information content (AvgIpc) is 2.62. The molecule has 25 heavy (non-hydrogen) atoms. The Hall–Kier alpha value is -2.36. The Morgan fingerprint density at radius 1 is 0.960 bits per heavy atom. The molecule has 0 atom stereocenters. The van der Waals surface area contributed by atoms with Crippen LogP contribution in [0.15, 0.2) is 42.5 Å². The SMILES string of the molecule is CCCCCCCCOc1ccc(-c2ccc(C(=O)O)cc2)cc1F. The summed E-state index contributed by atoms with van der Waals surface area (Å²) in [5, 5.41) is 8.91. The van der Waals surface area contributed by atoms with Gasteiger partial charge in [0.1, 0.15) is 0 Å². The molecule has 2 aromatic rings. The summed E-state index contributed by atoms with van der Waals surface area (Å²) >= 11 is 0. The zero-order valence-corrected chi connectivity index (χ0v) is 14.6. The van der Waals surface area contributed by atoms with E-state index in [1.54, 1.807) is 24.3 Å². The van der Waals surface area contributed by atoms with E-state index >= 15 is 0 Å². The molecule has 0 unspecified atom stereocenters. The van der Waals surface area contributed by atoms with Crippen molar-refractivity contribution < 1.29 is 19.0 Å². The fraction of sp³-hybridized carbons (Fsp3) is 0.381.